The van der Waals surface area contributed by atoms with E-state index in [9.17, 15) is 0 Å². The van der Waals surface area contributed by atoms with Crippen molar-refractivity contribution in [3.8, 4) is 0 Å². The van der Waals surface area contributed by atoms with Gasteiger partial charge in [-0.25, -0.2) is 0 Å². The van der Waals surface area contributed by atoms with Crippen molar-refractivity contribution < 1.29 is 0 Å². The second kappa shape index (κ2) is 8.53. The molecule has 0 aliphatic carbocycles. The van der Waals surface area contributed by atoms with Gasteiger partial charge in [0.25, 0.3) is 0 Å². The lowest BCUT2D eigenvalue weighted by Gasteiger charge is -2.37. The first-order valence-corrected chi connectivity index (χ1v) is 7.38. The molecule has 0 aromatic heterocycles. The van der Waals surface area contributed by atoms with Crippen molar-refractivity contribution in [1.29, 1.82) is 0 Å². The van der Waals surface area contributed by atoms with Crippen LogP contribution < -0.4 is 5.32 Å². The van der Waals surface area contributed by atoms with Crippen LogP contribution in [0.5, 0.6) is 0 Å². The number of allylic oxidation sites excluding steroid dienone is 3. The summed E-state index contributed by atoms with van der Waals surface area (Å²) < 4.78 is 0. The summed E-state index contributed by atoms with van der Waals surface area (Å²) >= 11 is 0. The Kier molecular flexibility index (Phi) is 8.26. The molecule has 0 amide bonds. The minimum Gasteiger partial charge on any atom is -0.320 e. The Morgan fingerprint density at radius 1 is 1.22 bits per heavy atom. The second-order valence-electron chi connectivity index (χ2n) is 5.92. The Morgan fingerprint density at radius 2 is 1.83 bits per heavy atom. The van der Waals surface area contributed by atoms with Gasteiger partial charge in [0.2, 0.25) is 0 Å². The summed E-state index contributed by atoms with van der Waals surface area (Å²) in [7, 11) is 2.02. The second-order valence-corrected chi connectivity index (χ2v) is 5.92. The lowest BCUT2D eigenvalue weighted by molar-refractivity contribution is 0.201. The van der Waals surface area contributed by atoms with Crippen LogP contribution in [0.4, 0.5) is 0 Å². The topological polar surface area (TPSA) is 12.0 Å². The van der Waals surface area contributed by atoms with Gasteiger partial charge in [-0.3, -0.25) is 0 Å². The smallest absolute Gasteiger partial charge is 0.00491 e. The molecule has 0 aliphatic rings. The highest BCUT2D eigenvalue weighted by atomic mass is 14.8. The highest BCUT2D eigenvalue weighted by molar-refractivity contribution is 5.05. The van der Waals surface area contributed by atoms with Crippen LogP contribution >= 0.6 is 0 Å². The van der Waals surface area contributed by atoms with E-state index >= 15 is 0 Å². The maximum atomic E-state index is 4.08. The predicted octanol–water partition coefficient (Wildman–Crippen LogP) is 4.66. The third-order valence-corrected chi connectivity index (χ3v) is 4.68. The van der Waals surface area contributed by atoms with E-state index in [4.69, 9.17) is 0 Å². The Morgan fingerprint density at radius 3 is 2.28 bits per heavy atom. The molecular weight excluding hydrogens is 218 g/mol. The third kappa shape index (κ3) is 4.97. The fraction of sp³-hybridized carbons (Fsp3) is 0.765. The molecule has 0 bridgehead atoms. The van der Waals surface area contributed by atoms with Crippen LogP contribution in [-0.4, -0.2) is 13.6 Å². The molecule has 106 valence electrons. The van der Waals surface area contributed by atoms with Crippen molar-refractivity contribution in [3.63, 3.8) is 0 Å². The molecule has 18 heavy (non-hydrogen) atoms. The maximum absolute atomic E-state index is 4.08. The molecule has 0 aliphatic heterocycles. The highest BCUT2D eigenvalue weighted by Crippen LogP contribution is 2.39. The monoisotopic (exact) mass is 251 g/mol. The van der Waals surface area contributed by atoms with Gasteiger partial charge in [0, 0.05) is 0 Å². The van der Waals surface area contributed by atoms with Gasteiger partial charge in [0.05, 0.1) is 0 Å². The Bertz CT molecular complexity index is 256. The summed E-state index contributed by atoms with van der Waals surface area (Å²) in [5.41, 5.74) is 0.181. The minimum atomic E-state index is 0.181. The molecule has 4 unspecified atom stereocenters. The first-order valence-electron chi connectivity index (χ1n) is 7.38. The van der Waals surface area contributed by atoms with Crippen LogP contribution in [0.25, 0.3) is 0 Å². The summed E-state index contributed by atoms with van der Waals surface area (Å²) in [6.07, 6.45) is 9.30. The summed E-state index contributed by atoms with van der Waals surface area (Å²) in [4.78, 5) is 0. The van der Waals surface area contributed by atoms with Crippen LogP contribution in [0.2, 0.25) is 0 Å². The maximum Gasteiger partial charge on any atom is -0.00491 e. The number of rotatable bonds is 9. The average Bonchev–Trinajstić information content (AvgIpc) is 2.40. The fourth-order valence-corrected chi connectivity index (χ4v) is 2.21. The van der Waals surface area contributed by atoms with Gasteiger partial charge in [-0.15, -0.1) is 6.58 Å². The lowest BCUT2D eigenvalue weighted by Crippen LogP contribution is -2.31. The molecule has 0 aromatic carbocycles. The Hall–Kier alpha value is -0.560. The lowest BCUT2D eigenvalue weighted by atomic mass is 9.68. The molecule has 4 atom stereocenters. The largest absolute Gasteiger partial charge is 0.320 e. The first kappa shape index (κ1) is 17.4. The molecule has 0 rings (SSSR count). The van der Waals surface area contributed by atoms with Gasteiger partial charge >= 0.3 is 0 Å². The summed E-state index contributed by atoms with van der Waals surface area (Å²) in [6, 6.07) is 0. The predicted molar refractivity (Wildman–Crippen MR) is 83.8 cm³/mol. The van der Waals surface area contributed by atoms with Crippen molar-refractivity contribution >= 4 is 0 Å². The van der Waals surface area contributed by atoms with E-state index < -0.39 is 0 Å². The number of hydrogen-bond acceptors (Lipinski definition) is 1. The molecule has 0 heterocycles. The van der Waals surface area contributed by atoms with E-state index in [1.54, 1.807) is 0 Å². The number of hydrogen-bond donors (Lipinski definition) is 1. The van der Waals surface area contributed by atoms with Crippen molar-refractivity contribution in [3.05, 3.63) is 24.8 Å². The van der Waals surface area contributed by atoms with Gasteiger partial charge in [-0.05, 0) is 43.2 Å². The van der Waals surface area contributed by atoms with E-state index in [1.165, 1.54) is 12.8 Å². The minimum absolute atomic E-state index is 0.181. The van der Waals surface area contributed by atoms with E-state index in [0.29, 0.717) is 17.8 Å². The molecular formula is C17H33N. The standard InChI is InChI=1S/C17H33N/c1-8-14(3)10-11-15(4)17(6,9-2)16(5)12-13-18-7/h9-11,14-16,18H,2,8,12-13H2,1,3-7H3. The molecule has 1 nitrogen and oxygen atoms in total. The van der Waals surface area contributed by atoms with E-state index in [2.05, 4.69) is 64.7 Å². The highest BCUT2D eigenvalue weighted by Gasteiger charge is 2.31. The van der Waals surface area contributed by atoms with E-state index in [0.717, 1.165) is 6.54 Å². The molecule has 0 fully saturated rings. The molecule has 0 spiro atoms. The molecule has 0 saturated heterocycles. The van der Waals surface area contributed by atoms with Crippen LogP contribution in [0.3, 0.4) is 0 Å². The van der Waals surface area contributed by atoms with Crippen molar-refractivity contribution in [2.45, 2.75) is 47.5 Å². The van der Waals surface area contributed by atoms with Crippen LogP contribution in [0, 0.1) is 23.2 Å². The zero-order chi connectivity index (χ0) is 14.2. The molecule has 1 N–H and O–H groups in total. The van der Waals surface area contributed by atoms with Gasteiger partial charge in [-0.1, -0.05) is 59.3 Å². The van der Waals surface area contributed by atoms with E-state index in [1.807, 2.05) is 7.05 Å². The number of nitrogens with one attached hydrogen (secondary N) is 1. The van der Waals surface area contributed by atoms with Crippen LogP contribution in [0.1, 0.15) is 47.5 Å². The quantitative estimate of drug-likeness (QED) is 0.588. The molecule has 0 saturated carbocycles. The van der Waals surface area contributed by atoms with Crippen molar-refractivity contribution in [2.24, 2.45) is 23.2 Å². The van der Waals surface area contributed by atoms with Gasteiger partial charge in [0.15, 0.2) is 0 Å². The Labute approximate surface area is 115 Å². The van der Waals surface area contributed by atoms with E-state index in [-0.39, 0.29) is 5.41 Å². The van der Waals surface area contributed by atoms with Crippen molar-refractivity contribution in [2.75, 3.05) is 13.6 Å². The first-order chi connectivity index (χ1) is 8.42. The van der Waals surface area contributed by atoms with Crippen molar-refractivity contribution in [1.82, 2.24) is 5.32 Å². The fourth-order valence-electron chi connectivity index (χ4n) is 2.21. The normalized spacial score (nSPS) is 20.3. The summed E-state index contributed by atoms with van der Waals surface area (Å²) in [5, 5.41) is 3.24. The molecule has 0 aromatic rings. The summed E-state index contributed by atoms with van der Waals surface area (Å²) in [5.74, 6) is 1.85. The van der Waals surface area contributed by atoms with Gasteiger partial charge in [-0.2, -0.15) is 0 Å². The SMILES string of the molecule is C=CC(C)(C(C)C=CC(C)CC)C(C)CCNC. The van der Waals surface area contributed by atoms with Crippen LogP contribution in [-0.2, 0) is 0 Å². The zero-order valence-corrected chi connectivity index (χ0v) is 13.3. The molecule has 0 radical (unpaired) electrons. The Balaban J connectivity index is 4.70. The average molecular weight is 251 g/mol. The molecule has 1 heteroatoms. The zero-order valence-electron chi connectivity index (χ0n) is 13.3. The van der Waals surface area contributed by atoms with Gasteiger partial charge in [0.1, 0.15) is 0 Å². The third-order valence-electron chi connectivity index (χ3n) is 4.68. The van der Waals surface area contributed by atoms with Gasteiger partial charge < -0.3 is 5.32 Å². The summed E-state index contributed by atoms with van der Waals surface area (Å²) in [6.45, 7) is 16.7. The van der Waals surface area contributed by atoms with Crippen LogP contribution in [0.15, 0.2) is 24.8 Å².